The van der Waals surface area contributed by atoms with E-state index < -0.39 is 5.97 Å². The largest absolute Gasteiger partial charge is 0.481 e. The second kappa shape index (κ2) is 6.84. The number of methoxy groups -OCH3 is 1. The highest BCUT2D eigenvalue weighted by atomic mass is 16.5. The molecule has 1 aliphatic rings. The molecule has 0 aliphatic carbocycles. The summed E-state index contributed by atoms with van der Waals surface area (Å²) in [5, 5.41) is 16.0. The molecule has 1 amide bonds. The summed E-state index contributed by atoms with van der Waals surface area (Å²) < 4.78 is 5.30. The van der Waals surface area contributed by atoms with Crippen LogP contribution in [0.2, 0.25) is 0 Å². The molecule has 1 aliphatic heterocycles. The van der Waals surface area contributed by atoms with Crippen LogP contribution >= 0.6 is 0 Å². The molecule has 2 aromatic rings. The van der Waals surface area contributed by atoms with Gasteiger partial charge in [0, 0.05) is 25.3 Å². The summed E-state index contributed by atoms with van der Waals surface area (Å²) in [5.74, 6) is -1.18. The van der Waals surface area contributed by atoms with E-state index in [2.05, 4.69) is 10.2 Å². The molecule has 1 aromatic carbocycles. The number of benzene rings is 1. The summed E-state index contributed by atoms with van der Waals surface area (Å²) >= 11 is 0. The smallest absolute Gasteiger partial charge is 0.305 e. The van der Waals surface area contributed by atoms with E-state index in [1.54, 1.807) is 18.1 Å². The van der Waals surface area contributed by atoms with Crippen LogP contribution in [0.1, 0.15) is 23.3 Å². The molecule has 0 spiro atoms. The van der Waals surface area contributed by atoms with Crippen LogP contribution in [-0.4, -0.2) is 57.9 Å². The van der Waals surface area contributed by atoms with E-state index in [1.165, 1.54) is 0 Å². The maximum Gasteiger partial charge on any atom is 0.305 e. The predicted octanol–water partition coefficient (Wildman–Crippen LogP) is 1.78. The topological polar surface area (TPSA) is 95.5 Å². The first-order valence-corrected chi connectivity index (χ1v) is 7.75. The number of hydrogen-bond acceptors (Lipinski definition) is 4. The molecule has 3 rings (SSSR count). The standard InChI is InChI=1S/C17H19N3O4/c1-24-13-7-12(8-16(21)22)20(10-13)17(23)15-9-14(18-19-15)11-5-3-2-4-6-11/h2-6,9,12-13H,7-8,10H2,1H3,(H,18,19)(H,21,22). The molecule has 0 bridgehead atoms. The first kappa shape index (κ1) is 16.2. The quantitative estimate of drug-likeness (QED) is 0.872. The van der Waals surface area contributed by atoms with Crippen molar-refractivity contribution in [2.24, 2.45) is 0 Å². The van der Waals surface area contributed by atoms with Crippen LogP contribution < -0.4 is 0 Å². The summed E-state index contributed by atoms with van der Waals surface area (Å²) in [6.45, 7) is 0.382. The van der Waals surface area contributed by atoms with Gasteiger partial charge in [-0.1, -0.05) is 30.3 Å². The van der Waals surface area contributed by atoms with Gasteiger partial charge < -0.3 is 14.7 Å². The fraction of sp³-hybridized carbons (Fsp3) is 0.353. The molecule has 1 aromatic heterocycles. The summed E-state index contributed by atoms with van der Waals surface area (Å²) in [6.07, 6.45) is 0.286. The molecular weight excluding hydrogens is 310 g/mol. The number of aromatic amines is 1. The van der Waals surface area contributed by atoms with Crippen molar-refractivity contribution in [2.75, 3.05) is 13.7 Å². The minimum atomic E-state index is -0.927. The number of aliphatic carboxylic acids is 1. The van der Waals surface area contributed by atoms with E-state index in [4.69, 9.17) is 9.84 Å². The van der Waals surface area contributed by atoms with Gasteiger partial charge in [0.2, 0.25) is 0 Å². The Morgan fingerprint density at radius 2 is 2.12 bits per heavy atom. The van der Waals surface area contributed by atoms with Crippen LogP contribution in [0.25, 0.3) is 11.3 Å². The highest BCUT2D eigenvalue weighted by Crippen LogP contribution is 2.25. The van der Waals surface area contributed by atoms with Gasteiger partial charge in [-0.2, -0.15) is 5.10 Å². The second-order valence-electron chi connectivity index (χ2n) is 5.84. The lowest BCUT2D eigenvalue weighted by molar-refractivity contribution is -0.138. The van der Waals surface area contributed by atoms with Gasteiger partial charge in [-0.15, -0.1) is 0 Å². The van der Waals surface area contributed by atoms with E-state index in [1.807, 2.05) is 30.3 Å². The van der Waals surface area contributed by atoms with E-state index in [0.29, 0.717) is 24.4 Å². The monoisotopic (exact) mass is 329 g/mol. The number of rotatable bonds is 5. The van der Waals surface area contributed by atoms with Crippen LogP contribution in [0.3, 0.4) is 0 Å². The Morgan fingerprint density at radius 3 is 2.79 bits per heavy atom. The van der Waals surface area contributed by atoms with Gasteiger partial charge >= 0.3 is 5.97 Å². The maximum absolute atomic E-state index is 12.8. The number of hydrogen-bond donors (Lipinski definition) is 2. The number of carboxylic acid groups (broad SMARTS) is 1. The third-order valence-electron chi connectivity index (χ3n) is 4.26. The van der Waals surface area contributed by atoms with E-state index in [0.717, 1.165) is 5.56 Å². The van der Waals surface area contributed by atoms with Crippen molar-refractivity contribution in [1.29, 1.82) is 0 Å². The summed E-state index contributed by atoms with van der Waals surface area (Å²) in [6, 6.07) is 10.9. The second-order valence-corrected chi connectivity index (χ2v) is 5.84. The van der Waals surface area contributed by atoms with Crippen LogP contribution in [0.4, 0.5) is 0 Å². The molecule has 1 fully saturated rings. The number of amides is 1. The van der Waals surface area contributed by atoms with Crippen LogP contribution in [0.15, 0.2) is 36.4 Å². The lowest BCUT2D eigenvalue weighted by Gasteiger charge is -2.22. The number of H-pyrrole nitrogens is 1. The highest BCUT2D eigenvalue weighted by Gasteiger charge is 2.37. The average Bonchev–Trinajstić information content (AvgIpc) is 3.21. The Kier molecular flexibility index (Phi) is 4.61. The molecule has 0 saturated carbocycles. The van der Waals surface area contributed by atoms with Gasteiger partial charge in [-0.3, -0.25) is 14.7 Å². The van der Waals surface area contributed by atoms with Gasteiger partial charge in [-0.25, -0.2) is 0 Å². The van der Waals surface area contributed by atoms with Gasteiger partial charge in [0.1, 0.15) is 5.69 Å². The Hall–Kier alpha value is -2.67. The Bertz CT molecular complexity index is 728. The van der Waals surface area contributed by atoms with Gasteiger partial charge in [-0.05, 0) is 12.5 Å². The number of likely N-dealkylation sites (tertiary alicyclic amines) is 1. The van der Waals surface area contributed by atoms with Crippen molar-refractivity contribution in [3.05, 3.63) is 42.1 Å². The van der Waals surface area contributed by atoms with Crippen molar-refractivity contribution in [2.45, 2.75) is 25.0 Å². The number of ether oxygens (including phenoxy) is 1. The normalized spacial score (nSPS) is 20.3. The molecule has 2 unspecified atom stereocenters. The minimum absolute atomic E-state index is 0.0920. The van der Waals surface area contributed by atoms with Gasteiger partial charge in [0.15, 0.2) is 0 Å². The maximum atomic E-state index is 12.8. The molecule has 24 heavy (non-hydrogen) atoms. The van der Waals surface area contributed by atoms with Gasteiger partial charge in [0.25, 0.3) is 5.91 Å². The van der Waals surface area contributed by atoms with Crippen molar-refractivity contribution in [3.8, 4) is 11.3 Å². The SMILES string of the molecule is COC1CC(CC(=O)O)N(C(=O)c2cc(-c3ccccc3)n[nH]2)C1. The van der Waals surface area contributed by atoms with Crippen molar-refractivity contribution >= 4 is 11.9 Å². The molecule has 7 nitrogen and oxygen atoms in total. The fourth-order valence-corrected chi connectivity index (χ4v) is 3.03. The highest BCUT2D eigenvalue weighted by molar-refractivity contribution is 5.94. The van der Waals surface area contributed by atoms with Crippen LogP contribution in [0.5, 0.6) is 0 Å². The van der Waals surface area contributed by atoms with Gasteiger partial charge in [0.05, 0.1) is 18.2 Å². The number of nitrogens with zero attached hydrogens (tertiary/aromatic N) is 2. The molecule has 2 heterocycles. The molecule has 2 atom stereocenters. The van der Waals surface area contributed by atoms with E-state index >= 15 is 0 Å². The fourth-order valence-electron chi connectivity index (χ4n) is 3.03. The lowest BCUT2D eigenvalue weighted by Crippen LogP contribution is -2.37. The number of carbonyl (C=O) groups excluding carboxylic acids is 1. The molecule has 0 radical (unpaired) electrons. The third-order valence-corrected chi connectivity index (χ3v) is 4.26. The zero-order valence-electron chi connectivity index (χ0n) is 13.3. The lowest BCUT2D eigenvalue weighted by atomic mass is 10.1. The summed E-state index contributed by atoms with van der Waals surface area (Å²) in [5.41, 5.74) is 1.93. The molecule has 1 saturated heterocycles. The Balaban J connectivity index is 1.80. The van der Waals surface area contributed by atoms with E-state index in [9.17, 15) is 9.59 Å². The zero-order valence-corrected chi connectivity index (χ0v) is 13.3. The average molecular weight is 329 g/mol. The number of aromatic nitrogens is 2. The Morgan fingerprint density at radius 1 is 1.38 bits per heavy atom. The number of nitrogens with one attached hydrogen (secondary N) is 1. The van der Waals surface area contributed by atoms with Crippen LogP contribution in [-0.2, 0) is 9.53 Å². The first-order chi connectivity index (χ1) is 11.6. The van der Waals surface area contributed by atoms with Crippen molar-refractivity contribution in [1.82, 2.24) is 15.1 Å². The zero-order chi connectivity index (χ0) is 17.1. The molecule has 126 valence electrons. The van der Waals surface area contributed by atoms with Crippen molar-refractivity contribution < 1.29 is 19.4 Å². The molecule has 7 heteroatoms. The summed E-state index contributed by atoms with van der Waals surface area (Å²) in [4.78, 5) is 25.4. The van der Waals surface area contributed by atoms with Crippen molar-refractivity contribution in [3.63, 3.8) is 0 Å². The number of carbonyl (C=O) groups is 2. The number of carboxylic acids is 1. The molecular formula is C17H19N3O4. The Labute approximate surface area is 139 Å². The van der Waals surface area contributed by atoms with E-state index in [-0.39, 0.29) is 24.5 Å². The third kappa shape index (κ3) is 3.30. The minimum Gasteiger partial charge on any atom is -0.481 e. The first-order valence-electron chi connectivity index (χ1n) is 7.75. The van der Waals surface area contributed by atoms with Crippen LogP contribution in [0, 0.1) is 0 Å². The molecule has 2 N–H and O–H groups in total. The predicted molar refractivity (Wildman–Crippen MR) is 86.5 cm³/mol. The summed E-state index contributed by atoms with van der Waals surface area (Å²) in [7, 11) is 1.57.